The molecule has 33 heavy (non-hydrogen) atoms. The second-order valence-corrected chi connectivity index (χ2v) is 8.10. The normalized spacial score (nSPS) is 18.5. The highest BCUT2D eigenvalue weighted by Gasteiger charge is 2.29. The van der Waals surface area contributed by atoms with Crippen molar-refractivity contribution in [2.45, 2.75) is 12.5 Å². The van der Waals surface area contributed by atoms with Crippen LogP contribution in [0.3, 0.4) is 0 Å². The van der Waals surface area contributed by atoms with E-state index in [4.69, 9.17) is 17.3 Å². The number of hydrogen-bond donors (Lipinski definition) is 2. The van der Waals surface area contributed by atoms with Crippen molar-refractivity contribution in [2.24, 2.45) is 10.2 Å². The molecule has 0 radical (unpaired) electrons. The molecule has 3 aromatic rings. The minimum Gasteiger partial charge on any atom is -0.296 e. The van der Waals surface area contributed by atoms with Gasteiger partial charge < -0.3 is 0 Å². The number of thiocarbonyl (C=S) groups is 1. The molecule has 2 aliphatic heterocycles. The van der Waals surface area contributed by atoms with Crippen molar-refractivity contribution in [1.29, 1.82) is 0 Å². The second kappa shape index (κ2) is 9.32. The van der Waals surface area contributed by atoms with Crippen LogP contribution in [0.1, 0.15) is 29.2 Å². The van der Waals surface area contributed by atoms with Gasteiger partial charge in [-0.15, -0.1) is 0 Å². The summed E-state index contributed by atoms with van der Waals surface area (Å²) in [5, 5.41) is 12.7. The number of benzene rings is 3. The lowest BCUT2D eigenvalue weighted by Gasteiger charge is -2.24. The van der Waals surface area contributed by atoms with Crippen LogP contribution >= 0.6 is 12.2 Å². The van der Waals surface area contributed by atoms with Crippen LogP contribution < -0.4 is 15.9 Å². The lowest BCUT2D eigenvalue weighted by molar-refractivity contribution is -0.127. The third-order valence-electron chi connectivity index (χ3n) is 5.55. The molecule has 1 amide bonds. The van der Waals surface area contributed by atoms with Gasteiger partial charge in [0.1, 0.15) is 0 Å². The van der Waals surface area contributed by atoms with Gasteiger partial charge in [0.2, 0.25) is 5.11 Å². The van der Waals surface area contributed by atoms with Crippen LogP contribution in [0.25, 0.3) is 0 Å². The van der Waals surface area contributed by atoms with Crippen LogP contribution in [0, 0.1) is 0 Å². The lowest BCUT2D eigenvalue weighted by Crippen LogP contribution is -2.56. The Balaban J connectivity index is 1.41. The first kappa shape index (κ1) is 21.0. The number of amides is 1. The molecule has 2 aliphatic rings. The first-order valence-electron chi connectivity index (χ1n) is 10.7. The van der Waals surface area contributed by atoms with Gasteiger partial charge in [0.15, 0.2) is 0 Å². The van der Waals surface area contributed by atoms with Crippen molar-refractivity contribution in [3.63, 3.8) is 0 Å². The Bertz CT molecular complexity index is 1190. The van der Waals surface area contributed by atoms with Crippen LogP contribution in [0.2, 0.25) is 0 Å². The van der Waals surface area contributed by atoms with Gasteiger partial charge >= 0.3 is 0 Å². The Morgan fingerprint density at radius 2 is 1.67 bits per heavy atom. The van der Waals surface area contributed by atoms with Crippen LogP contribution in [0.4, 0.5) is 5.69 Å². The van der Waals surface area contributed by atoms with E-state index in [2.05, 4.69) is 57.4 Å². The number of nitrogens with one attached hydrogen (secondary N) is 2. The van der Waals surface area contributed by atoms with Crippen molar-refractivity contribution >= 4 is 40.9 Å². The van der Waals surface area contributed by atoms with E-state index in [-0.39, 0.29) is 23.6 Å². The van der Waals surface area contributed by atoms with Crippen LogP contribution in [0.5, 0.6) is 0 Å². The van der Waals surface area contributed by atoms with E-state index in [1.54, 1.807) is 6.21 Å². The van der Waals surface area contributed by atoms with Gasteiger partial charge in [0.05, 0.1) is 30.2 Å². The van der Waals surface area contributed by atoms with Gasteiger partial charge in [0, 0.05) is 6.42 Å². The van der Waals surface area contributed by atoms with E-state index in [1.807, 2.05) is 48.5 Å². The smallest absolute Gasteiger partial charge is 0.265 e. The first-order valence-corrected chi connectivity index (χ1v) is 11.1. The Labute approximate surface area is 197 Å². The van der Waals surface area contributed by atoms with Gasteiger partial charge in [-0.05, 0) is 41.0 Å². The maximum absolute atomic E-state index is 12.0. The topological polar surface area (TPSA) is 72.3 Å². The molecule has 1 atom stereocenters. The van der Waals surface area contributed by atoms with Crippen LogP contribution in [-0.2, 0) is 4.79 Å². The van der Waals surface area contributed by atoms with E-state index in [9.17, 15) is 4.79 Å². The van der Waals surface area contributed by atoms with Crippen molar-refractivity contribution in [3.8, 4) is 0 Å². The number of hydrazone groups is 2. The van der Waals surface area contributed by atoms with E-state index in [1.165, 1.54) is 10.6 Å². The average Bonchev–Trinajstić information content (AvgIpc) is 3.31. The molecule has 8 heteroatoms. The zero-order chi connectivity index (χ0) is 22.6. The van der Waals surface area contributed by atoms with Gasteiger partial charge in [-0.25, -0.2) is 5.43 Å². The number of carbonyl (C=O) groups excluding carboxylic acids is 1. The zero-order valence-electron chi connectivity index (χ0n) is 17.8. The van der Waals surface area contributed by atoms with Crippen molar-refractivity contribution < 1.29 is 4.79 Å². The second-order valence-electron chi connectivity index (χ2n) is 7.71. The summed E-state index contributed by atoms with van der Waals surface area (Å²) in [4.78, 5) is 12.0. The number of anilines is 1. The molecule has 2 heterocycles. The Morgan fingerprint density at radius 3 is 2.36 bits per heavy atom. The summed E-state index contributed by atoms with van der Waals surface area (Å²) in [6.07, 6.45) is 2.45. The molecule has 0 aromatic heterocycles. The predicted octanol–water partition coefficient (Wildman–Crippen LogP) is 3.60. The Hall–Kier alpha value is -3.88. The highest BCUT2D eigenvalue weighted by Crippen LogP contribution is 2.36. The maximum Gasteiger partial charge on any atom is 0.265 e. The van der Waals surface area contributed by atoms with Crippen molar-refractivity contribution in [3.05, 3.63) is 102 Å². The highest BCUT2D eigenvalue weighted by molar-refractivity contribution is 7.80. The van der Waals surface area contributed by atoms with Gasteiger partial charge in [-0.3, -0.25) is 15.2 Å². The maximum atomic E-state index is 12.0. The third kappa shape index (κ3) is 4.52. The summed E-state index contributed by atoms with van der Waals surface area (Å²) < 4.78 is 0. The van der Waals surface area contributed by atoms with E-state index >= 15 is 0 Å². The summed E-state index contributed by atoms with van der Waals surface area (Å²) in [5.74, 6) is -0.211. The zero-order valence-corrected chi connectivity index (χ0v) is 18.6. The molecule has 0 aliphatic carbocycles. The molecular weight excluding hydrogens is 432 g/mol. The fourth-order valence-corrected chi connectivity index (χ4v) is 4.10. The van der Waals surface area contributed by atoms with Crippen molar-refractivity contribution in [2.75, 3.05) is 11.6 Å². The molecule has 2 N–H and O–H groups in total. The molecule has 0 saturated carbocycles. The lowest BCUT2D eigenvalue weighted by atomic mass is 9.98. The Kier molecular flexibility index (Phi) is 5.93. The largest absolute Gasteiger partial charge is 0.296 e. The monoisotopic (exact) mass is 454 g/mol. The molecular formula is C25H22N6OS. The summed E-state index contributed by atoms with van der Waals surface area (Å²) in [6.45, 7) is 0.133. The number of rotatable bonds is 5. The number of nitrogens with zero attached hydrogens (tertiary/aromatic N) is 4. The molecule has 0 spiro atoms. The average molecular weight is 455 g/mol. The summed E-state index contributed by atoms with van der Waals surface area (Å²) >= 11 is 5.12. The van der Waals surface area contributed by atoms with E-state index < -0.39 is 0 Å². The third-order valence-corrected chi connectivity index (χ3v) is 5.82. The quantitative estimate of drug-likeness (QED) is 0.455. The van der Waals surface area contributed by atoms with E-state index in [0.29, 0.717) is 0 Å². The highest BCUT2D eigenvalue weighted by atomic mass is 32.1. The summed E-state index contributed by atoms with van der Waals surface area (Å²) in [7, 11) is 0. The molecule has 164 valence electrons. The Morgan fingerprint density at radius 1 is 0.970 bits per heavy atom. The minimum atomic E-state index is -0.211. The van der Waals surface area contributed by atoms with Gasteiger partial charge in [-0.1, -0.05) is 72.8 Å². The molecule has 3 aromatic carbocycles. The number of hydrogen-bond acceptors (Lipinski definition) is 6. The minimum absolute atomic E-state index is 0.114. The predicted molar refractivity (Wildman–Crippen MR) is 134 cm³/mol. The molecule has 0 bridgehead atoms. The summed E-state index contributed by atoms with van der Waals surface area (Å²) in [5.41, 5.74) is 10.7. The summed E-state index contributed by atoms with van der Waals surface area (Å²) in [6, 6.07) is 28.8. The number of hydrazine groups is 1. The molecule has 1 unspecified atom stereocenters. The molecule has 7 nitrogen and oxygen atoms in total. The van der Waals surface area contributed by atoms with Gasteiger partial charge in [0.25, 0.3) is 5.91 Å². The van der Waals surface area contributed by atoms with E-state index in [0.717, 1.165) is 28.9 Å². The number of carbonyl (C=O) groups is 1. The van der Waals surface area contributed by atoms with Crippen LogP contribution in [0.15, 0.2) is 95.1 Å². The van der Waals surface area contributed by atoms with Crippen LogP contribution in [-0.4, -0.2) is 34.5 Å². The molecule has 1 fully saturated rings. The SMILES string of the molecule is O=C1CNNC(=S)N1/N=C/c1ccc(N2N=C(c3ccccc3)CC2c2ccccc2)cc1. The fourth-order valence-electron chi connectivity index (χ4n) is 3.88. The first-order chi connectivity index (χ1) is 16.2. The van der Waals surface area contributed by atoms with Gasteiger partial charge in [-0.2, -0.15) is 15.2 Å². The fraction of sp³-hybridized carbons (Fsp3) is 0.120. The molecule has 5 rings (SSSR count). The molecule has 1 saturated heterocycles. The van der Waals surface area contributed by atoms with Crippen molar-refractivity contribution in [1.82, 2.24) is 15.9 Å². The standard InChI is InChI=1S/C25H22N6OS/c32-24-17-26-28-25(33)31(24)27-16-18-11-13-21(14-12-18)30-23(20-9-5-2-6-10-20)15-22(29-30)19-7-3-1-4-8-19/h1-14,16,23,26H,15,17H2,(H,28,33)/b27-16+.